The van der Waals surface area contributed by atoms with E-state index in [9.17, 15) is 14.4 Å². The van der Waals surface area contributed by atoms with E-state index in [1.165, 1.54) is 0 Å². The lowest BCUT2D eigenvalue weighted by Gasteiger charge is -2.29. The van der Waals surface area contributed by atoms with Crippen molar-refractivity contribution >= 4 is 17.7 Å². The summed E-state index contributed by atoms with van der Waals surface area (Å²) in [6.07, 6.45) is 3.37. The van der Waals surface area contributed by atoms with E-state index in [0.717, 1.165) is 12.8 Å². The van der Waals surface area contributed by atoms with Crippen LogP contribution < -0.4 is 0 Å². The predicted octanol–water partition coefficient (Wildman–Crippen LogP) is -0.253. The zero-order valence-corrected chi connectivity index (χ0v) is 10.3. The van der Waals surface area contributed by atoms with Gasteiger partial charge in [-0.25, -0.2) is 5.01 Å². The van der Waals surface area contributed by atoms with E-state index in [-0.39, 0.29) is 23.8 Å². The lowest BCUT2D eigenvalue weighted by atomic mass is 10.2. The molecule has 1 atom stereocenters. The highest BCUT2D eigenvalue weighted by molar-refractivity contribution is 5.91. The summed E-state index contributed by atoms with van der Waals surface area (Å²) < 4.78 is 0. The van der Waals surface area contributed by atoms with Crippen molar-refractivity contribution in [3.8, 4) is 0 Å². The average molecular weight is 251 g/mol. The number of hydrogen-bond donors (Lipinski definition) is 0. The minimum atomic E-state index is -0.339. The summed E-state index contributed by atoms with van der Waals surface area (Å²) in [6, 6.07) is -0.339. The van der Waals surface area contributed by atoms with Gasteiger partial charge in [0.1, 0.15) is 6.04 Å². The Morgan fingerprint density at radius 1 is 0.833 bits per heavy atom. The molecule has 0 aliphatic carbocycles. The van der Waals surface area contributed by atoms with Crippen LogP contribution in [0.25, 0.3) is 0 Å². The fourth-order valence-corrected chi connectivity index (χ4v) is 3.07. The van der Waals surface area contributed by atoms with Crippen molar-refractivity contribution in [2.45, 2.75) is 38.1 Å². The van der Waals surface area contributed by atoms with Crippen LogP contribution in [0.4, 0.5) is 0 Å². The summed E-state index contributed by atoms with van der Waals surface area (Å²) >= 11 is 0. The van der Waals surface area contributed by atoms with Gasteiger partial charge in [-0.15, -0.1) is 0 Å². The fraction of sp³-hybridized carbons (Fsp3) is 0.750. The van der Waals surface area contributed by atoms with Gasteiger partial charge >= 0.3 is 0 Å². The largest absolute Gasteiger partial charge is 0.331 e. The van der Waals surface area contributed by atoms with Crippen molar-refractivity contribution in [1.29, 1.82) is 0 Å². The number of hydrazine groups is 1. The summed E-state index contributed by atoms with van der Waals surface area (Å²) in [7, 11) is 0. The second-order valence-electron chi connectivity index (χ2n) is 5.08. The molecule has 3 aliphatic heterocycles. The number of carbonyl (C=O) groups is 3. The number of rotatable bonds is 2. The van der Waals surface area contributed by atoms with Crippen molar-refractivity contribution in [3.05, 3.63) is 0 Å². The fourth-order valence-electron chi connectivity index (χ4n) is 3.07. The first-order valence-corrected chi connectivity index (χ1v) is 6.59. The Morgan fingerprint density at radius 2 is 1.56 bits per heavy atom. The maximum atomic E-state index is 12.3. The second-order valence-corrected chi connectivity index (χ2v) is 5.08. The molecule has 98 valence electrons. The summed E-state index contributed by atoms with van der Waals surface area (Å²) in [5.41, 5.74) is 0. The Morgan fingerprint density at radius 3 is 2.17 bits per heavy atom. The van der Waals surface area contributed by atoms with Crippen LogP contribution in [0.15, 0.2) is 0 Å². The van der Waals surface area contributed by atoms with Gasteiger partial charge < -0.3 is 4.90 Å². The molecule has 0 bridgehead atoms. The number of amides is 3. The molecule has 6 heteroatoms. The molecule has 3 fully saturated rings. The van der Waals surface area contributed by atoms with Crippen molar-refractivity contribution in [2.24, 2.45) is 0 Å². The number of likely N-dealkylation sites (tertiary alicyclic amines) is 1. The molecular weight excluding hydrogens is 234 g/mol. The molecule has 3 saturated heterocycles. The Labute approximate surface area is 105 Å². The Bertz CT molecular complexity index is 373. The number of nitrogens with zero attached hydrogens (tertiary/aromatic N) is 3. The van der Waals surface area contributed by atoms with Crippen molar-refractivity contribution in [3.63, 3.8) is 0 Å². The average Bonchev–Trinajstić information content (AvgIpc) is 3.01. The van der Waals surface area contributed by atoms with E-state index >= 15 is 0 Å². The van der Waals surface area contributed by atoms with Crippen LogP contribution in [-0.2, 0) is 14.4 Å². The molecule has 3 rings (SSSR count). The van der Waals surface area contributed by atoms with Gasteiger partial charge in [0.05, 0.1) is 0 Å². The molecule has 0 radical (unpaired) electrons. The molecule has 0 saturated carbocycles. The summed E-state index contributed by atoms with van der Waals surface area (Å²) in [4.78, 5) is 37.3. The van der Waals surface area contributed by atoms with Crippen LogP contribution in [0, 0.1) is 0 Å². The summed E-state index contributed by atoms with van der Waals surface area (Å²) in [5, 5.41) is 3.11. The van der Waals surface area contributed by atoms with Gasteiger partial charge in [-0.05, 0) is 19.3 Å². The van der Waals surface area contributed by atoms with E-state index in [1.807, 2.05) is 0 Å². The Balaban J connectivity index is 1.72. The van der Waals surface area contributed by atoms with Gasteiger partial charge in [-0.1, -0.05) is 0 Å². The van der Waals surface area contributed by atoms with Crippen molar-refractivity contribution in [2.75, 3.05) is 19.6 Å². The van der Waals surface area contributed by atoms with Crippen LogP contribution in [0.5, 0.6) is 0 Å². The molecule has 0 aromatic rings. The highest BCUT2D eigenvalue weighted by Gasteiger charge is 2.43. The van der Waals surface area contributed by atoms with Gasteiger partial charge in [0.15, 0.2) is 0 Å². The molecule has 18 heavy (non-hydrogen) atoms. The molecule has 6 nitrogen and oxygen atoms in total. The first-order chi connectivity index (χ1) is 8.68. The zero-order chi connectivity index (χ0) is 12.7. The third kappa shape index (κ3) is 1.67. The van der Waals surface area contributed by atoms with E-state index in [2.05, 4.69) is 0 Å². The Kier molecular flexibility index (Phi) is 2.72. The predicted molar refractivity (Wildman–Crippen MR) is 62.0 cm³/mol. The van der Waals surface area contributed by atoms with E-state index < -0.39 is 0 Å². The van der Waals surface area contributed by atoms with Crippen molar-refractivity contribution in [1.82, 2.24) is 14.9 Å². The van der Waals surface area contributed by atoms with Crippen LogP contribution in [0.2, 0.25) is 0 Å². The normalized spacial score (nSPS) is 29.0. The minimum absolute atomic E-state index is 0.0248. The van der Waals surface area contributed by atoms with Crippen LogP contribution in [0.3, 0.4) is 0 Å². The van der Waals surface area contributed by atoms with Gasteiger partial charge in [0, 0.05) is 32.5 Å². The zero-order valence-electron chi connectivity index (χ0n) is 10.3. The Hall–Kier alpha value is -1.59. The first-order valence-electron chi connectivity index (χ1n) is 6.59. The maximum absolute atomic E-state index is 12.3. The van der Waals surface area contributed by atoms with E-state index in [0.29, 0.717) is 38.9 Å². The molecule has 3 aliphatic rings. The quantitative estimate of drug-likeness (QED) is 0.680. The molecule has 0 aromatic carbocycles. The van der Waals surface area contributed by atoms with E-state index in [4.69, 9.17) is 0 Å². The summed E-state index contributed by atoms with van der Waals surface area (Å²) in [6.45, 7) is 1.86. The topological polar surface area (TPSA) is 60.9 Å². The molecule has 0 aromatic heterocycles. The second kappa shape index (κ2) is 4.26. The van der Waals surface area contributed by atoms with Crippen LogP contribution >= 0.6 is 0 Å². The first kappa shape index (κ1) is 11.5. The van der Waals surface area contributed by atoms with Crippen LogP contribution in [-0.4, -0.2) is 58.3 Å². The highest BCUT2D eigenvalue weighted by atomic mass is 16.2. The smallest absolute Gasteiger partial charge is 0.264 e. The molecule has 3 heterocycles. The van der Waals surface area contributed by atoms with E-state index in [1.54, 1.807) is 14.9 Å². The van der Waals surface area contributed by atoms with Crippen LogP contribution in [0.1, 0.15) is 32.1 Å². The van der Waals surface area contributed by atoms with Gasteiger partial charge in [0.2, 0.25) is 11.8 Å². The molecule has 1 unspecified atom stereocenters. The lowest BCUT2D eigenvalue weighted by molar-refractivity contribution is -0.158. The number of hydrogen-bond acceptors (Lipinski definition) is 3. The van der Waals surface area contributed by atoms with Gasteiger partial charge in [-0.3, -0.25) is 19.4 Å². The standard InChI is InChI=1S/C12H17N3O3/c16-10-3-1-6-13(10)9-5-8-15(12(9)18)14-7-2-4-11(14)17/h9H,1-8H2. The maximum Gasteiger partial charge on any atom is 0.264 e. The van der Waals surface area contributed by atoms with Gasteiger partial charge in [0.25, 0.3) is 5.91 Å². The SMILES string of the molecule is O=C1CCCN1C1CCN(N2CCCC2=O)C1=O. The third-order valence-corrected chi connectivity index (χ3v) is 3.98. The summed E-state index contributed by atoms with van der Waals surface area (Å²) in [5.74, 6) is 0.0141. The molecule has 0 N–H and O–H groups in total. The molecule has 3 amide bonds. The van der Waals surface area contributed by atoms with Crippen molar-refractivity contribution < 1.29 is 14.4 Å². The lowest BCUT2D eigenvalue weighted by Crippen LogP contribution is -2.49. The number of carbonyl (C=O) groups excluding carboxylic acids is 3. The third-order valence-electron chi connectivity index (χ3n) is 3.98. The van der Waals surface area contributed by atoms with Gasteiger partial charge in [-0.2, -0.15) is 0 Å². The monoisotopic (exact) mass is 251 g/mol. The highest BCUT2D eigenvalue weighted by Crippen LogP contribution is 2.25. The minimum Gasteiger partial charge on any atom is -0.331 e. The molecule has 0 spiro atoms. The molecular formula is C12H17N3O3.